The van der Waals surface area contributed by atoms with Crippen LogP contribution in [0.2, 0.25) is 0 Å². The Bertz CT molecular complexity index is 996. The Hall–Kier alpha value is -2.89. The standard InChI is InChI=1S/C21H25N5O/c1-13-19(14(2)25(4)24-13)12-26(18-8-9-18)21(27)17-7-5-6-16(10-17)20-11-22-15(3)23-20/h5-7,10-11,18H,8-9,12H2,1-4H3,(H,22,23). The summed E-state index contributed by atoms with van der Waals surface area (Å²) in [6.07, 6.45) is 3.95. The van der Waals surface area contributed by atoms with E-state index in [9.17, 15) is 4.79 Å². The predicted molar refractivity (Wildman–Crippen MR) is 104 cm³/mol. The molecule has 0 unspecified atom stereocenters. The van der Waals surface area contributed by atoms with E-state index in [4.69, 9.17) is 0 Å². The molecule has 0 saturated heterocycles. The largest absolute Gasteiger partial charge is 0.342 e. The lowest BCUT2D eigenvalue weighted by Crippen LogP contribution is -2.33. The zero-order valence-electron chi connectivity index (χ0n) is 16.3. The van der Waals surface area contributed by atoms with Gasteiger partial charge in [0.15, 0.2) is 0 Å². The lowest BCUT2D eigenvalue weighted by molar-refractivity contribution is 0.0729. The zero-order chi connectivity index (χ0) is 19.1. The summed E-state index contributed by atoms with van der Waals surface area (Å²) in [5.41, 5.74) is 5.89. The first-order valence-corrected chi connectivity index (χ1v) is 9.36. The van der Waals surface area contributed by atoms with Crippen molar-refractivity contribution in [3.05, 3.63) is 58.8 Å². The van der Waals surface area contributed by atoms with Crippen LogP contribution in [-0.4, -0.2) is 36.6 Å². The number of aryl methyl sites for hydroxylation is 3. The molecule has 1 fully saturated rings. The van der Waals surface area contributed by atoms with Gasteiger partial charge in [0.25, 0.3) is 5.91 Å². The Morgan fingerprint density at radius 2 is 2.07 bits per heavy atom. The molecule has 1 aromatic carbocycles. The second-order valence-electron chi connectivity index (χ2n) is 7.40. The average Bonchev–Trinajstić information content (AvgIpc) is 3.35. The number of imidazole rings is 1. The Labute approximate surface area is 159 Å². The molecule has 1 amide bonds. The smallest absolute Gasteiger partial charge is 0.254 e. The summed E-state index contributed by atoms with van der Waals surface area (Å²) in [6, 6.07) is 8.11. The fourth-order valence-electron chi connectivity index (χ4n) is 3.52. The van der Waals surface area contributed by atoms with E-state index in [1.54, 1.807) is 6.20 Å². The predicted octanol–water partition coefficient (Wildman–Crippen LogP) is 3.54. The monoisotopic (exact) mass is 363 g/mol. The molecule has 6 heteroatoms. The third-order valence-corrected chi connectivity index (χ3v) is 5.36. The van der Waals surface area contributed by atoms with E-state index in [2.05, 4.69) is 22.0 Å². The topological polar surface area (TPSA) is 66.8 Å². The van der Waals surface area contributed by atoms with Gasteiger partial charge in [-0.1, -0.05) is 12.1 Å². The van der Waals surface area contributed by atoms with E-state index in [-0.39, 0.29) is 5.91 Å². The number of amides is 1. The molecule has 0 bridgehead atoms. The maximum Gasteiger partial charge on any atom is 0.254 e. The first-order valence-electron chi connectivity index (χ1n) is 9.36. The molecular weight excluding hydrogens is 338 g/mol. The summed E-state index contributed by atoms with van der Waals surface area (Å²) in [4.78, 5) is 22.8. The van der Waals surface area contributed by atoms with Crippen molar-refractivity contribution >= 4 is 5.91 Å². The quantitative estimate of drug-likeness (QED) is 0.754. The van der Waals surface area contributed by atoms with Crippen LogP contribution in [0.15, 0.2) is 30.5 Å². The van der Waals surface area contributed by atoms with Crippen LogP contribution in [0.4, 0.5) is 0 Å². The van der Waals surface area contributed by atoms with Crippen LogP contribution in [0.25, 0.3) is 11.3 Å². The number of nitrogens with zero attached hydrogens (tertiary/aromatic N) is 4. The number of hydrogen-bond donors (Lipinski definition) is 1. The van der Waals surface area contributed by atoms with Gasteiger partial charge in [-0.05, 0) is 45.7 Å². The molecule has 1 N–H and O–H groups in total. The maximum atomic E-state index is 13.3. The molecule has 27 heavy (non-hydrogen) atoms. The highest BCUT2D eigenvalue weighted by Gasteiger charge is 2.34. The van der Waals surface area contributed by atoms with Crippen LogP contribution in [0, 0.1) is 20.8 Å². The SMILES string of the molecule is Cc1ncc(-c2cccc(C(=O)N(Cc3c(C)nn(C)c3C)C3CC3)c2)[nH]1. The van der Waals surface area contributed by atoms with Crippen LogP contribution < -0.4 is 0 Å². The van der Waals surface area contributed by atoms with E-state index >= 15 is 0 Å². The highest BCUT2D eigenvalue weighted by atomic mass is 16.2. The Morgan fingerprint density at radius 1 is 1.30 bits per heavy atom. The number of nitrogens with one attached hydrogen (secondary N) is 1. The number of rotatable bonds is 5. The van der Waals surface area contributed by atoms with Crippen molar-refractivity contribution in [1.82, 2.24) is 24.6 Å². The van der Waals surface area contributed by atoms with E-state index < -0.39 is 0 Å². The highest BCUT2D eigenvalue weighted by molar-refractivity contribution is 5.95. The van der Waals surface area contributed by atoms with Gasteiger partial charge in [-0.25, -0.2) is 4.98 Å². The van der Waals surface area contributed by atoms with Gasteiger partial charge in [-0.2, -0.15) is 5.10 Å². The van der Waals surface area contributed by atoms with Crippen LogP contribution in [0.1, 0.15) is 46.0 Å². The summed E-state index contributed by atoms with van der Waals surface area (Å²) < 4.78 is 1.89. The molecular formula is C21H25N5O. The van der Waals surface area contributed by atoms with Gasteiger partial charge in [-0.15, -0.1) is 0 Å². The summed E-state index contributed by atoms with van der Waals surface area (Å²) in [5, 5.41) is 4.50. The van der Waals surface area contributed by atoms with Crippen molar-refractivity contribution in [1.29, 1.82) is 0 Å². The van der Waals surface area contributed by atoms with Crippen LogP contribution in [-0.2, 0) is 13.6 Å². The van der Waals surface area contributed by atoms with Crippen LogP contribution >= 0.6 is 0 Å². The molecule has 2 heterocycles. The van der Waals surface area contributed by atoms with Gasteiger partial charge in [0, 0.05) is 42.0 Å². The second-order valence-corrected chi connectivity index (χ2v) is 7.40. The molecule has 140 valence electrons. The molecule has 0 radical (unpaired) electrons. The minimum Gasteiger partial charge on any atom is -0.342 e. The lowest BCUT2D eigenvalue weighted by atomic mass is 10.1. The Kier molecular flexibility index (Phi) is 4.34. The first-order chi connectivity index (χ1) is 12.9. The molecule has 0 atom stereocenters. The maximum absolute atomic E-state index is 13.3. The van der Waals surface area contributed by atoms with Crippen LogP contribution in [0.5, 0.6) is 0 Å². The van der Waals surface area contributed by atoms with Crippen molar-refractivity contribution in [3.63, 3.8) is 0 Å². The third-order valence-electron chi connectivity index (χ3n) is 5.36. The summed E-state index contributed by atoms with van der Waals surface area (Å²) in [6.45, 7) is 6.61. The van der Waals surface area contributed by atoms with Crippen molar-refractivity contribution in [2.45, 2.75) is 46.2 Å². The van der Waals surface area contributed by atoms with E-state index in [1.807, 2.05) is 54.7 Å². The minimum atomic E-state index is 0.0817. The number of aromatic nitrogens is 4. The van der Waals surface area contributed by atoms with Gasteiger partial charge >= 0.3 is 0 Å². The molecule has 0 spiro atoms. The molecule has 4 rings (SSSR count). The van der Waals surface area contributed by atoms with Gasteiger partial charge in [0.05, 0.1) is 17.6 Å². The summed E-state index contributed by atoms with van der Waals surface area (Å²) in [7, 11) is 1.95. The Morgan fingerprint density at radius 3 is 2.67 bits per heavy atom. The van der Waals surface area contributed by atoms with E-state index in [0.717, 1.165) is 46.9 Å². The molecule has 1 aliphatic carbocycles. The van der Waals surface area contributed by atoms with Gasteiger partial charge < -0.3 is 9.88 Å². The number of aromatic amines is 1. The number of H-pyrrole nitrogens is 1. The first kappa shape index (κ1) is 17.5. The minimum absolute atomic E-state index is 0.0817. The van der Waals surface area contributed by atoms with Gasteiger partial charge in [0.2, 0.25) is 0 Å². The number of benzene rings is 1. The molecule has 6 nitrogen and oxygen atoms in total. The fraction of sp³-hybridized carbons (Fsp3) is 0.381. The van der Waals surface area contributed by atoms with Crippen molar-refractivity contribution < 1.29 is 4.79 Å². The van der Waals surface area contributed by atoms with Gasteiger partial charge in [0.1, 0.15) is 5.82 Å². The van der Waals surface area contributed by atoms with Crippen LogP contribution in [0.3, 0.4) is 0 Å². The fourth-order valence-corrected chi connectivity index (χ4v) is 3.52. The van der Waals surface area contributed by atoms with Crippen molar-refractivity contribution in [2.75, 3.05) is 0 Å². The Balaban J connectivity index is 1.63. The normalized spacial score (nSPS) is 13.8. The number of carbonyl (C=O) groups is 1. The zero-order valence-corrected chi connectivity index (χ0v) is 16.3. The molecule has 2 aromatic heterocycles. The lowest BCUT2D eigenvalue weighted by Gasteiger charge is -2.23. The summed E-state index contributed by atoms with van der Waals surface area (Å²) >= 11 is 0. The van der Waals surface area contributed by atoms with Gasteiger partial charge in [-0.3, -0.25) is 9.48 Å². The third kappa shape index (κ3) is 3.39. The number of hydrogen-bond acceptors (Lipinski definition) is 3. The average molecular weight is 363 g/mol. The molecule has 3 aromatic rings. The van der Waals surface area contributed by atoms with E-state index in [0.29, 0.717) is 18.2 Å². The van der Waals surface area contributed by atoms with Crippen molar-refractivity contribution in [3.8, 4) is 11.3 Å². The van der Waals surface area contributed by atoms with E-state index in [1.165, 1.54) is 0 Å². The molecule has 1 saturated carbocycles. The highest BCUT2D eigenvalue weighted by Crippen LogP contribution is 2.31. The second kappa shape index (κ2) is 6.68. The number of carbonyl (C=O) groups excluding carboxylic acids is 1. The summed E-state index contributed by atoms with van der Waals surface area (Å²) in [5.74, 6) is 0.946. The molecule has 0 aliphatic heterocycles. The molecule has 1 aliphatic rings. The van der Waals surface area contributed by atoms with Crippen molar-refractivity contribution in [2.24, 2.45) is 7.05 Å².